The standard InChI is InChI=1S/C26H28O4Si/c1-5-31(21-12-8-6-9-13-21,22-14-10-7-11-15-22)30-18-20(3)23-17-16-19(2)25(27)24(23)26(28)29-4/h5-16,23-24H,1,3,17-18H2,2,4H3. The lowest BCUT2D eigenvalue weighted by molar-refractivity contribution is -0.150. The highest BCUT2D eigenvalue weighted by molar-refractivity contribution is 7.01. The van der Waals surface area contributed by atoms with Crippen LogP contribution in [0, 0.1) is 11.8 Å². The lowest BCUT2D eigenvalue weighted by atomic mass is 9.75. The fourth-order valence-electron chi connectivity index (χ4n) is 4.08. The lowest BCUT2D eigenvalue weighted by Gasteiger charge is -2.33. The molecule has 0 heterocycles. The molecule has 2 aromatic rings. The van der Waals surface area contributed by atoms with Crippen molar-refractivity contribution in [1.82, 2.24) is 0 Å². The number of ether oxygens (including phenoxy) is 1. The summed E-state index contributed by atoms with van der Waals surface area (Å²) in [5.74, 6) is -1.96. The van der Waals surface area contributed by atoms with Gasteiger partial charge in [-0.15, -0.1) is 6.58 Å². The Morgan fingerprint density at radius 2 is 1.65 bits per heavy atom. The zero-order chi connectivity index (χ0) is 22.4. The van der Waals surface area contributed by atoms with E-state index in [0.29, 0.717) is 17.6 Å². The van der Waals surface area contributed by atoms with Crippen molar-refractivity contribution in [1.29, 1.82) is 0 Å². The third-order valence-corrected chi connectivity index (χ3v) is 9.47. The van der Waals surface area contributed by atoms with Gasteiger partial charge in [0, 0.05) is 5.92 Å². The van der Waals surface area contributed by atoms with Crippen LogP contribution in [0.15, 0.2) is 96.7 Å². The number of carbonyl (C=O) groups excluding carboxylic acids is 2. The highest BCUT2D eigenvalue weighted by Crippen LogP contribution is 2.33. The molecule has 5 heteroatoms. The van der Waals surface area contributed by atoms with Crippen molar-refractivity contribution in [2.45, 2.75) is 13.3 Å². The number of methoxy groups -OCH3 is 1. The van der Waals surface area contributed by atoms with E-state index < -0.39 is 20.2 Å². The Hall–Kier alpha value is -3.02. The molecule has 0 fully saturated rings. The van der Waals surface area contributed by atoms with Crippen LogP contribution in [0.4, 0.5) is 0 Å². The molecule has 1 aliphatic rings. The van der Waals surface area contributed by atoms with E-state index in [2.05, 4.69) is 37.4 Å². The van der Waals surface area contributed by atoms with Crippen molar-refractivity contribution < 1.29 is 18.8 Å². The second-order valence-electron chi connectivity index (χ2n) is 7.71. The van der Waals surface area contributed by atoms with Crippen LogP contribution >= 0.6 is 0 Å². The number of Topliss-reactive ketones (excluding diaryl/α,β-unsaturated/α-hetero) is 1. The van der Waals surface area contributed by atoms with Gasteiger partial charge in [0.05, 0.1) is 13.7 Å². The number of esters is 1. The van der Waals surface area contributed by atoms with Gasteiger partial charge in [0.15, 0.2) is 5.78 Å². The van der Waals surface area contributed by atoms with E-state index in [1.54, 1.807) is 6.92 Å². The van der Waals surface area contributed by atoms with E-state index in [-0.39, 0.29) is 18.3 Å². The molecular weight excluding hydrogens is 404 g/mol. The second-order valence-corrected chi connectivity index (χ2v) is 11.0. The first-order valence-electron chi connectivity index (χ1n) is 10.3. The van der Waals surface area contributed by atoms with E-state index in [9.17, 15) is 9.59 Å². The van der Waals surface area contributed by atoms with Gasteiger partial charge in [-0.2, -0.15) is 0 Å². The van der Waals surface area contributed by atoms with Crippen molar-refractivity contribution in [2.75, 3.05) is 13.7 Å². The highest BCUT2D eigenvalue weighted by atomic mass is 28.4. The number of rotatable bonds is 8. The third kappa shape index (κ3) is 4.53. The van der Waals surface area contributed by atoms with Crippen molar-refractivity contribution in [3.8, 4) is 0 Å². The minimum Gasteiger partial charge on any atom is -0.468 e. The Balaban J connectivity index is 1.91. The smallest absolute Gasteiger partial charge is 0.317 e. The van der Waals surface area contributed by atoms with Crippen LogP contribution in [0.5, 0.6) is 0 Å². The Bertz CT molecular complexity index is 955. The number of hydrogen-bond donors (Lipinski definition) is 0. The predicted octanol–water partition coefficient (Wildman–Crippen LogP) is 3.37. The first-order valence-corrected chi connectivity index (χ1v) is 12.3. The van der Waals surface area contributed by atoms with Gasteiger partial charge in [-0.25, -0.2) is 0 Å². The number of carbonyl (C=O) groups is 2. The zero-order valence-electron chi connectivity index (χ0n) is 18.0. The maximum Gasteiger partial charge on any atom is 0.317 e. The second kappa shape index (κ2) is 9.86. The molecule has 0 radical (unpaired) electrons. The van der Waals surface area contributed by atoms with Gasteiger partial charge in [0.2, 0.25) is 0 Å². The molecule has 3 rings (SSSR count). The van der Waals surface area contributed by atoms with Gasteiger partial charge in [0.25, 0.3) is 8.32 Å². The molecule has 2 unspecified atom stereocenters. The predicted molar refractivity (Wildman–Crippen MR) is 126 cm³/mol. The summed E-state index contributed by atoms with van der Waals surface area (Å²) in [6.07, 6.45) is 2.42. The first kappa shape index (κ1) is 22.7. The zero-order valence-corrected chi connectivity index (χ0v) is 19.0. The molecule has 4 nitrogen and oxygen atoms in total. The minimum atomic E-state index is -2.75. The number of hydrogen-bond acceptors (Lipinski definition) is 4. The van der Waals surface area contributed by atoms with E-state index in [4.69, 9.17) is 9.16 Å². The summed E-state index contributed by atoms with van der Waals surface area (Å²) >= 11 is 0. The molecule has 0 amide bonds. The molecule has 0 aromatic heterocycles. The summed E-state index contributed by atoms with van der Waals surface area (Å²) in [7, 11) is -1.44. The maximum absolute atomic E-state index is 12.7. The lowest BCUT2D eigenvalue weighted by Crippen LogP contribution is -2.60. The molecule has 160 valence electrons. The van der Waals surface area contributed by atoms with Crippen LogP contribution in [0.25, 0.3) is 0 Å². The normalized spacial score (nSPS) is 18.8. The van der Waals surface area contributed by atoms with Gasteiger partial charge >= 0.3 is 5.97 Å². The van der Waals surface area contributed by atoms with E-state index in [1.165, 1.54) is 7.11 Å². The summed E-state index contributed by atoms with van der Waals surface area (Å²) in [5, 5.41) is 2.15. The van der Waals surface area contributed by atoms with E-state index in [0.717, 1.165) is 10.4 Å². The summed E-state index contributed by atoms with van der Waals surface area (Å²) in [5.41, 5.74) is 3.21. The van der Waals surface area contributed by atoms with Crippen LogP contribution in [0.1, 0.15) is 13.3 Å². The summed E-state index contributed by atoms with van der Waals surface area (Å²) in [6, 6.07) is 20.1. The van der Waals surface area contributed by atoms with Crippen molar-refractivity contribution in [3.05, 3.63) is 96.7 Å². The molecule has 2 aromatic carbocycles. The van der Waals surface area contributed by atoms with E-state index in [1.807, 2.05) is 48.2 Å². The van der Waals surface area contributed by atoms with Crippen LogP contribution in [-0.2, 0) is 18.8 Å². The van der Waals surface area contributed by atoms with Crippen LogP contribution in [0.3, 0.4) is 0 Å². The summed E-state index contributed by atoms with van der Waals surface area (Å²) < 4.78 is 11.5. The third-order valence-electron chi connectivity index (χ3n) is 5.91. The van der Waals surface area contributed by atoms with Gasteiger partial charge < -0.3 is 9.16 Å². The summed E-state index contributed by atoms with van der Waals surface area (Å²) in [4.78, 5) is 25.1. The number of allylic oxidation sites excluding steroid dienone is 2. The monoisotopic (exact) mass is 432 g/mol. The molecule has 2 atom stereocenters. The molecule has 0 saturated heterocycles. The van der Waals surface area contributed by atoms with Crippen molar-refractivity contribution in [2.24, 2.45) is 11.8 Å². The average molecular weight is 433 g/mol. The molecule has 0 spiro atoms. The van der Waals surface area contributed by atoms with Crippen molar-refractivity contribution >= 4 is 30.4 Å². The molecule has 0 aliphatic heterocycles. The van der Waals surface area contributed by atoms with Crippen LogP contribution in [-0.4, -0.2) is 33.8 Å². The Morgan fingerprint density at radius 3 is 2.13 bits per heavy atom. The quantitative estimate of drug-likeness (QED) is 0.278. The van der Waals surface area contributed by atoms with Crippen LogP contribution in [0.2, 0.25) is 0 Å². The minimum absolute atomic E-state index is 0.206. The van der Waals surface area contributed by atoms with Gasteiger partial charge in [-0.3, -0.25) is 9.59 Å². The molecule has 0 saturated carbocycles. The fourth-order valence-corrected chi connectivity index (χ4v) is 7.13. The molecule has 0 N–H and O–H groups in total. The molecule has 1 aliphatic carbocycles. The Labute approximate surface area is 185 Å². The van der Waals surface area contributed by atoms with Gasteiger partial charge in [-0.05, 0) is 34.9 Å². The summed E-state index contributed by atoms with van der Waals surface area (Å²) in [6.45, 7) is 10.3. The highest BCUT2D eigenvalue weighted by Gasteiger charge is 2.41. The van der Waals surface area contributed by atoms with Crippen LogP contribution < -0.4 is 10.4 Å². The Morgan fingerprint density at radius 1 is 1.10 bits per heavy atom. The van der Waals surface area contributed by atoms with E-state index >= 15 is 0 Å². The first-order chi connectivity index (χ1) is 14.9. The molecule has 31 heavy (non-hydrogen) atoms. The maximum atomic E-state index is 12.7. The molecular formula is C26H28O4Si. The number of benzene rings is 2. The van der Waals surface area contributed by atoms with Gasteiger partial charge in [-0.1, -0.05) is 79.0 Å². The fraction of sp³-hybridized carbons (Fsp3) is 0.231. The SMILES string of the molecule is C=C[Si](OCC(=C)C1CC=C(C)C(=O)C1C(=O)OC)(c1ccccc1)c1ccccc1. The molecule has 0 bridgehead atoms. The Kier molecular flexibility index (Phi) is 7.20. The largest absolute Gasteiger partial charge is 0.468 e. The van der Waals surface area contributed by atoms with Crippen molar-refractivity contribution in [3.63, 3.8) is 0 Å². The topological polar surface area (TPSA) is 52.6 Å². The van der Waals surface area contributed by atoms with Gasteiger partial charge in [0.1, 0.15) is 5.92 Å². The average Bonchev–Trinajstić information content (AvgIpc) is 2.82. The number of ketones is 1.